The Bertz CT molecular complexity index is 2090. The number of nitrogens with zero attached hydrogens (tertiary/aromatic N) is 8. The van der Waals surface area contributed by atoms with Crippen molar-refractivity contribution in [1.82, 2.24) is 34.6 Å². The van der Waals surface area contributed by atoms with E-state index in [4.69, 9.17) is 9.97 Å². The second kappa shape index (κ2) is 16.7. The molecule has 13 heteroatoms. The summed E-state index contributed by atoms with van der Waals surface area (Å²) in [4.78, 5) is 60.6. The number of rotatable bonds is 9. The maximum Gasteiger partial charge on any atom is 0.270 e. The summed E-state index contributed by atoms with van der Waals surface area (Å²) >= 11 is 0. The second-order valence-electron chi connectivity index (χ2n) is 17.5. The van der Waals surface area contributed by atoms with Crippen LogP contribution in [-0.4, -0.2) is 106 Å². The van der Waals surface area contributed by atoms with Crippen LogP contribution in [0.2, 0.25) is 0 Å². The molecule has 2 N–H and O–H groups in total. The molecule has 9 rings (SSSR count). The van der Waals surface area contributed by atoms with Crippen LogP contribution < -0.4 is 20.4 Å². The first-order valence-electron chi connectivity index (χ1n) is 21.8. The van der Waals surface area contributed by atoms with Crippen molar-refractivity contribution in [3.05, 3.63) is 66.1 Å². The van der Waals surface area contributed by atoms with Crippen LogP contribution in [0.5, 0.6) is 0 Å². The zero-order valence-corrected chi connectivity index (χ0v) is 34.1. The van der Waals surface area contributed by atoms with Crippen molar-refractivity contribution in [2.45, 2.75) is 95.1 Å². The molecule has 2 saturated carbocycles. The second-order valence-corrected chi connectivity index (χ2v) is 17.5. The third kappa shape index (κ3) is 8.02. The maximum atomic E-state index is 13.1. The van der Waals surface area contributed by atoms with Crippen molar-refractivity contribution >= 4 is 51.9 Å². The third-order valence-corrected chi connectivity index (χ3v) is 13.9. The Kier molecular flexibility index (Phi) is 11.1. The fraction of sp³-hybridized carbons (Fsp3) is 0.556. The summed E-state index contributed by atoms with van der Waals surface area (Å²) in [7, 11) is 3.59. The number of carbonyl (C=O) groups excluding carboxylic acids is 3. The van der Waals surface area contributed by atoms with Crippen molar-refractivity contribution in [1.29, 1.82) is 0 Å². The van der Waals surface area contributed by atoms with Gasteiger partial charge in [0, 0.05) is 89.1 Å². The highest BCUT2D eigenvalue weighted by molar-refractivity contribution is 6.01. The largest absolute Gasteiger partial charge is 0.370 e. The lowest BCUT2D eigenvalue weighted by atomic mass is 9.74. The summed E-state index contributed by atoms with van der Waals surface area (Å²) in [6.07, 6.45) is 17.0. The number of hydrogen-bond acceptors (Lipinski definition) is 10. The number of aromatic nitrogens is 4. The average Bonchev–Trinajstić information content (AvgIpc) is 3.92. The van der Waals surface area contributed by atoms with Gasteiger partial charge in [-0.2, -0.15) is 4.98 Å². The van der Waals surface area contributed by atoms with Gasteiger partial charge in [0.1, 0.15) is 17.2 Å². The first kappa shape index (κ1) is 38.5. The lowest BCUT2D eigenvalue weighted by Crippen LogP contribution is -2.51. The first-order chi connectivity index (χ1) is 28.3. The number of amides is 3. The summed E-state index contributed by atoms with van der Waals surface area (Å²) < 4.78 is 2.14. The molecule has 306 valence electrons. The summed E-state index contributed by atoms with van der Waals surface area (Å²) in [6.45, 7) is 6.40. The predicted octanol–water partition coefficient (Wildman–Crippen LogP) is 6.50. The van der Waals surface area contributed by atoms with E-state index in [9.17, 15) is 14.4 Å². The number of hydrogen-bond donors (Lipinski definition) is 2. The molecule has 5 fully saturated rings. The van der Waals surface area contributed by atoms with Gasteiger partial charge in [0.25, 0.3) is 5.91 Å². The minimum Gasteiger partial charge on any atom is -0.370 e. The number of piperazine rings is 1. The Balaban J connectivity index is 0.729. The van der Waals surface area contributed by atoms with Crippen LogP contribution in [-0.2, 0) is 9.59 Å². The SMILES string of the molecule is CN(C)C(=O)c1cc2cnc(Nc3ccc(N4CCC(C5CCC(N6CCN(c7ccc(C8CCC(=O)NC8=O)cc7)CC6)CC5)CC4)cn3)nc2n1C1CCCC1. The highest BCUT2D eigenvalue weighted by Gasteiger charge is 2.34. The fourth-order valence-corrected chi connectivity index (χ4v) is 10.6. The molecule has 0 spiro atoms. The van der Waals surface area contributed by atoms with Crippen LogP contribution in [0.1, 0.15) is 105 Å². The van der Waals surface area contributed by atoms with Gasteiger partial charge in [0.05, 0.1) is 17.8 Å². The van der Waals surface area contributed by atoms with Gasteiger partial charge in [-0.1, -0.05) is 25.0 Å². The number of nitrogens with one attached hydrogen (secondary N) is 2. The van der Waals surface area contributed by atoms with E-state index in [0.717, 1.165) is 86.2 Å². The quantitative estimate of drug-likeness (QED) is 0.181. The number of carbonyl (C=O) groups is 3. The summed E-state index contributed by atoms with van der Waals surface area (Å²) in [5, 5.41) is 6.68. The minimum atomic E-state index is -0.229. The van der Waals surface area contributed by atoms with Crippen molar-refractivity contribution in [2.75, 3.05) is 68.5 Å². The normalized spacial score (nSPS) is 24.0. The minimum absolute atomic E-state index is 0.00875. The molecule has 13 nitrogen and oxygen atoms in total. The van der Waals surface area contributed by atoms with Gasteiger partial charge in [-0.25, -0.2) is 9.97 Å². The zero-order valence-electron chi connectivity index (χ0n) is 34.1. The number of piperidine rings is 2. The Morgan fingerprint density at radius 1 is 0.741 bits per heavy atom. The van der Waals surface area contributed by atoms with Crippen molar-refractivity contribution < 1.29 is 14.4 Å². The molecule has 0 radical (unpaired) electrons. The molecule has 3 aliphatic heterocycles. The number of fused-ring (bicyclic) bond motifs is 1. The molecule has 4 aromatic rings. The molecule has 1 atom stereocenters. The molecular formula is C45H58N10O3. The number of imide groups is 1. The van der Waals surface area contributed by atoms with Crippen LogP contribution in [0.25, 0.3) is 11.0 Å². The predicted molar refractivity (Wildman–Crippen MR) is 227 cm³/mol. The summed E-state index contributed by atoms with van der Waals surface area (Å²) in [5.74, 6) is 2.25. The monoisotopic (exact) mass is 786 g/mol. The number of pyridine rings is 1. The van der Waals surface area contributed by atoms with Gasteiger partial charge in [-0.15, -0.1) is 0 Å². The van der Waals surface area contributed by atoms with Gasteiger partial charge in [0.2, 0.25) is 17.8 Å². The highest BCUT2D eigenvalue weighted by Crippen LogP contribution is 2.39. The molecule has 1 unspecified atom stereocenters. The van der Waals surface area contributed by atoms with Crippen molar-refractivity contribution in [3.8, 4) is 0 Å². The topological polar surface area (TPSA) is 132 Å². The Labute approximate surface area is 341 Å². The molecule has 6 heterocycles. The smallest absolute Gasteiger partial charge is 0.270 e. The van der Waals surface area contributed by atoms with Gasteiger partial charge < -0.3 is 24.6 Å². The van der Waals surface area contributed by atoms with E-state index in [-0.39, 0.29) is 29.7 Å². The lowest BCUT2D eigenvalue weighted by Gasteiger charge is -2.44. The summed E-state index contributed by atoms with van der Waals surface area (Å²) in [6, 6.07) is 15.5. The first-order valence-corrected chi connectivity index (χ1v) is 21.8. The van der Waals surface area contributed by atoms with E-state index >= 15 is 0 Å². The highest BCUT2D eigenvalue weighted by atomic mass is 16.2. The van der Waals surface area contributed by atoms with Crippen LogP contribution in [0.3, 0.4) is 0 Å². The molecule has 0 bridgehead atoms. The molecule has 58 heavy (non-hydrogen) atoms. The summed E-state index contributed by atoms with van der Waals surface area (Å²) in [5.41, 5.74) is 4.86. The van der Waals surface area contributed by atoms with Gasteiger partial charge in [-0.3, -0.25) is 24.6 Å². The molecule has 3 saturated heterocycles. The molecule has 3 amide bonds. The van der Waals surface area contributed by atoms with Crippen molar-refractivity contribution in [3.63, 3.8) is 0 Å². The fourth-order valence-electron chi connectivity index (χ4n) is 10.6. The number of benzene rings is 1. The Morgan fingerprint density at radius 2 is 1.43 bits per heavy atom. The zero-order chi connectivity index (χ0) is 39.8. The van der Waals surface area contributed by atoms with Crippen LogP contribution in [0.4, 0.5) is 23.1 Å². The van der Waals surface area contributed by atoms with Crippen LogP contribution in [0, 0.1) is 11.8 Å². The van der Waals surface area contributed by atoms with Crippen LogP contribution in [0.15, 0.2) is 54.9 Å². The standard InChI is InChI=1S/C45H58N10O3/c1-51(2)44(58)39-27-33-28-47-45(50-42(33)55(39)36-5-3-4-6-36)48-40-17-15-37(29-46-40)52-21-19-31(20-22-52)30-7-11-34(12-8-30)53-23-25-54(26-24-53)35-13-9-32(10-14-35)38-16-18-41(56)49-43(38)57/h9-10,13-15,17,27-31,34,36,38H,3-8,11-12,16,18-26H2,1-2H3,(H,49,56,57)(H,46,47,48,50). The van der Waals surface area contributed by atoms with E-state index in [2.05, 4.69) is 65.2 Å². The van der Waals surface area contributed by atoms with E-state index in [0.29, 0.717) is 36.3 Å². The van der Waals surface area contributed by atoms with Gasteiger partial charge >= 0.3 is 0 Å². The maximum absolute atomic E-state index is 13.1. The van der Waals surface area contributed by atoms with E-state index in [1.807, 2.05) is 24.5 Å². The van der Waals surface area contributed by atoms with E-state index < -0.39 is 0 Å². The van der Waals surface area contributed by atoms with Crippen molar-refractivity contribution in [2.24, 2.45) is 11.8 Å². The molecule has 3 aromatic heterocycles. The number of anilines is 4. The Hall–Kier alpha value is -5.04. The average molecular weight is 787 g/mol. The Morgan fingerprint density at radius 3 is 2.10 bits per heavy atom. The molecule has 1 aromatic carbocycles. The molecule has 2 aliphatic carbocycles. The van der Waals surface area contributed by atoms with E-state index in [1.54, 1.807) is 19.0 Å². The van der Waals surface area contributed by atoms with Gasteiger partial charge in [0.15, 0.2) is 0 Å². The van der Waals surface area contributed by atoms with E-state index in [1.165, 1.54) is 57.1 Å². The molecule has 5 aliphatic rings. The van der Waals surface area contributed by atoms with Crippen LogP contribution >= 0.6 is 0 Å². The molecular weight excluding hydrogens is 729 g/mol. The van der Waals surface area contributed by atoms with Gasteiger partial charge in [-0.05, 0) is 106 Å². The lowest BCUT2D eigenvalue weighted by molar-refractivity contribution is -0.134. The third-order valence-electron chi connectivity index (χ3n) is 13.9.